The lowest BCUT2D eigenvalue weighted by Crippen LogP contribution is -2.46. The Labute approximate surface area is 207 Å². The van der Waals surface area contributed by atoms with E-state index in [1.807, 2.05) is 19.9 Å². The minimum absolute atomic E-state index is 0.159. The van der Waals surface area contributed by atoms with Gasteiger partial charge < -0.3 is 15.0 Å². The van der Waals surface area contributed by atoms with Crippen LogP contribution in [0.1, 0.15) is 31.0 Å². The Kier molecular flexibility index (Phi) is 7.10. The SMILES string of the molecule is CC(C)C1Oc2ccc(Cl)cc2C(C(=O)Nc2ccccc2)N(Cc2ccc(Cl)cc2F)C1=O. The van der Waals surface area contributed by atoms with Gasteiger partial charge in [0, 0.05) is 33.4 Å². The van der Waals surface area contributed by atoms with Crippen LogP contribution in [0.15, 0.2) is 66.7 Å². The van der Waals surface area contributed by atoms with Gasteiger partial charge in [-0.3, -0.25) is 9.59 Å². The van der Waals surface area contributed by atoms with Gasteiger partial charge in [-0.1, -0.05) is 61.3 Å². The molecule has 0 radical (unpaired) electrons. The molecule has 2 unspecified atom stereocenters. The molecular weight excluding hydrogens is 478 g/mol. The van der Waals surface area contributed by atoms with E-state index in [-0.39, 0.29) is 23.0 Å². The molecule has 0 aliphatic carbocycles. The molecule has 3 aromatic carbocycles. The van der Waals surface area contributed by atoms with Crippen LogP contribution < -0.4 is 10.1 Å². The van der Waals surface area contributed by atoms with Crippen LogP contribution >= 0.6 is 23.2 Å². The number of amides is 2. The van der Waals surface area contributed by atoms with E-state index in [9.17, 15) is 14.0 Å². The summed E-state index contributed by atoms with van der Waals surface area (Å²) in [6, 6.07) is 16.9. The molecule has 0 bridgehead atoms. The highest BCUT2D eigenvalue weighted by Gasteiger charge is 2.42. The van der Waals surface area contributed by atoms with Crippen LogP contribution in [-0.2, 0) is 16.1 Å². The lowest BCUT2D eigenvalue weighted by atomic mass is 10.0. The second-order valence-electron chi connectivity index (χ2n) is 8.42. The second-order valence-corrected chi connectivity index (χ2v) is 9.30. The van der Waals surface area contributed by atoms with E-state index in [0.29, 0.717) is 22.0 Å². The molecule has 0 saturated carbocycles. The fourth-order valence-corrected chi connectivity index (χ4v) is 4.26. The second kappa shape index (κ2) is 10.0. The molecule has 5 nitrogen and oxygen atoms in total. The molecule has 3 aromatic rings. The number of carbonyl (C=O) groups excluding carboxylic acids is 2. The summed E-state index contributed by atoms with van der Waals surface area (Å²) in [5.74, 6) is -1.29. The Morgan fingerprint density at radius 1 is 1.06 bits per heavy atom. The van der Waals surface area contributed by atoms with Crippen LogP contribution in [0.25, 0.3) is 0 Å². The summed E-state index contributed by atoms with van der Waals surface area (Å²) in [5, 5.41) is 3.48. The molecule has 0 fully saturated rings. The first-order valence-electron chi connectivity index (χ1n) is 10.8. The van der Waals surface area contributed by atoms with E-state index in [1.54, 1.807) is 48.5 Å². The Hall–Kier alpha value is -3.09. The first kappa shape index (κ1) is 24.0. The van der Waals surface area contributed by atoms with E-state index >= 15 is 0 Å². The number of carbonyl (C=O) groups is 2. The smallest absolute Gasteiger partial charge is 0.265 e. The van der Waals surface area contributed by atoms with Crippen LogP contribution in [-0.4, -0.2) is 22.8 Å². The number of para-hydroxylation sites is 1. The van der Waals surface area contributed by atoms with Gasteiger partial charge >= 0.3 is 0 Å². The highest BCUT2D eigenvalue weighted by atomic mass is 35.5. The summed E-state index contributed by atoms with van der Waals surface area (Å²) in [5.41, 5.74) is 1.21. The fourth-order valence-electron chi connectivity index (χ4n) is 3.92. The Morgan fingerprint density at radius 2 is 1.74 bits per heavy atom. The van der Waals surface area contributed by atoms with E-state index < -0.39 is 29.8 Å². The number of halogens is 3. The van der Waals surface area contributed by atoms with Crippen LogP contribution in [0.2, 0.25) is 10.0 Å². The molecule has 4 rings (SSSR count). The predicted molar refractivity (Wildman–Crippen MR) is 130 cm³/mol. The van der Waals surface area contributed by atoms with Gasteiger partial charge in [-0.05, 0) is 48.4 Å². The predicted octanol–water partition coefficient (Wildman–Crippen LogP) is 6.26. The molecule has 0 spiro atoms. The molecule has 1 heterocycles. The van der Waals surface area contributed by atoms with Crippen molar-refractivity contribution in [2.24, 2.45) is 5.92 Å². The van der Waals surface area contributed by atoms with Gasteiger partial charge in [0.2, 0.25) is 0 Å². The van der Waals surface area contributed by atoms with Gasteiger partial charge in [-0.25, -0.2) is 4.39 Å². The summed E-state index contributed by atoms with van der Waals surface area (Å²) in [7, 11) is 0. The number of benzene rings is 3. The number of ether oxygens (including phenoxy) is 1. The lowest BCUT2D eigenvalue weighted by molar-refractivity contribution is -0.146. The number of rotatable bonds is 5. The first-order valence-corrected chi connectivity index (χ1v) is 11.6. The van der Waals surface area contributed by atoms with Gasteiger partial charge in [0.25, 0.3) is 11.8 Å². The third kappa shape index (κ3) is 5.03. The number of hydrogen-bond donors (Lipinski definition) is 1. The zero-order chi connectivity index (χ0) is 24.4. The third-order valence-electron chi connectivity index (χ3n) is 5.61. The van der Waals surface area contributed by atoms with E-state index in [4.69, 9.17) is 27.9 Å². The van der Waals surface area contributed by atoms with Crippen molar-refractivity contribution in [1.82, 2.24) is 4.90 Å². The number of nitrogens with zero attached hydrogens (tertiary/aromatic N) is 1. The minimum atomic E-state index is -1.11. The van der Waals surface area contributed by atoms with E-state index in [2.05, 4.69) is 5.32 Å². The molecule has 2 amide bonds. The fraction of sp³-hybridized carbons (Fsp3) is 0.231. The molecule has 34 heavy (non-hydrogen) atoms. The van der Waals surface area contributed by atoms with Gasteiger partial charge in [-0.2, -0.15) is 0 Å². The van der Waals surface area contributed by atoms with Crippen molar-refractivity contribution in [2.75, 3.05) is 5.32 Å². The largest absolute Gasteiger partial charge is 0.480 e. The molecule has 0 saturated heterocycles. The molecule has 176 valence electrons. The lowest BCUT2D eigenvalue weighted by Gasteiger charge is -2.31. The average Bonchev–Trinajstić information content (AvgIpc) is 2.91. The molecule has 0 aromatic heterocycles. The standard InChI is InChI=1S/C26H23Cl2FN2O3/c1-15(2)24-26(33)31(14-16-8-9-18(28)13-21(16)29)23(20-12-17(27)10-11-22(20)34-24)25(32)30-19-6-4-3-5-7-19/h3-13,15,23-24H,14H2,1-2H3,(H,30,32). The van der Waals surface area contributed by atoms with Crippen molar-refractivity contribution >= 4 is 40.7 Å². The van der Waals surface area contributed by atoms with Crippen molar-refractivity contribution in [3.63, 3.8) is 0 Å². The van der Waals surface area contributed by atoms with Crippen molar-refractivity contribution < 1.29 is 18.7 Å². The Balaban J connectivity index is 1.84. The maximum atomic E-state index is 14.7. The quantitative estimate of drug-likeness (QED) is 0.449. The van der Waals surface area contributed by atoms with Gasteiger partial charge in [0.1, 0.15) is 17.6 Å². The monoisotopic (exact) mass is 500 g/mol. The summed E-state index contributed by atoms with van der Waals surface area (Å²) in [6.45, 7) is 3.54. The number of nitrogens with one attached hydrogen (secondary N) is 1. The van der Waals surface area contributed by atoms with Crippen LogP contribution in [0.4, 0.5) is 10.1 Å². The topological polar surface area (TPSA) is 58.6 Å². The average molecular weight is 501 g/mol. The normalized spacial score (nSPS) is 17.7. The van der Waals surface area contributed by atoms with Crippen molar-refractivity contribution in [3.8, 4) is 5.75 Å². The minimum Gasteiger partial charge on any atom is -0.480 e. The molecule has 2 atom stereocenters. The zero-order valence-corrected chi connectivity index (χ0v) is 20.1. The number of fused-ring (bicyclic) bond motifs is 1. The third-order valence-corrected chi connectivity index (χ3v) is 6.08. The first-order chi connectivity index (χ1) is 16.2. The molecule has 8 heteroatoms. The van der Waals surface area contributed by atoms with Crippen LogP contribution in [0, 0.1) is 11.7 Å². The number of anilines is 1. The number of hydrogen-bond acceptors (Lipinski definition) is 3. The summed E-state index contributed by atoms with van der Waals surface area (Å²) in [6.07, 6.45) is -0.871. The van der Waals surface area contributed by atoms with Crippen LogP contribution in [0.3, 0.4) is 0 Å². The molecule has 1 aliphatic heterocycles. The van der Waals surface area contributed by atoms with Crippen molar-refractivity contribution in [1.29, 1.82) is 0 Å². The van der Waals surface area contributed by atoms with Crippen molar-refractivity contribution in [3.05, 3.63) is 93.7 Å². The Bertz CT molecular complexity index is 1220. The van der Waals surface area contributed by atoms with Crippen LogP contribution in [0.5, 0.6) is 5.75 Å². The van der Waals surface area contributed by atoms with Gasteiger partial charge in [0.15, 0.2) is 6.10 Å². The highest BCUT2D eigenvalue weighted by molar-refractivity contribution is 6.31. The Morgan fingerprint density at radius 3 is 2.41 bits per heavy atom. The van der Waals surface area contributed by atoms with E-state index in [1.165, 1.54) is 17.0 Å². The highest BCUT2D eigenvalue weighted by Crippen LogP contribution is 2.39. The van der Waals surface area contributed by atoms with Gasteiger partial charge in [0.05, 0.1) is 0 Å². The van der Waals surface area contributed by atoms with Crippen molar-refractivity contribution in [2.45, 2.75) is 32.5 Å². The maximum Gasteiger partial charge on any atom is 0.265 e. The zero-order valence-electron chi connectivity index (χ0n) is 18.6. The maximum absolute atomic E-state index is 14.7. The van der Waals surface area contributed by atoms with Gasteiger partial charge in [-0.15, -0.1) is 0 Å². The summed E-state index contributed by atoms with van der Waals surface area (Å²) >= 11 is 12.2. The summed E-state index contributed by atoms with van der Waals surface area (Å²) in [4.78, 5) is 28.7. The molecule has 1 N–H and O–H groups in total. The van der Waals surface area contributed by atoms with E-state index in [0.717, 1.165) is 0 Å². The molecule has 1 aliphatic rings. The summed E-state index contributed by atoms with van der Waals surface area (Å²) < 4.78 is 20.8. The molecular formula is C26H23Cl2FN2O3.